The third-order valence-electron chi connectivity index (χ3n) is 9.21. The summed E-state index contributed by atoms with van der Waals surface area (Å²) in [7, 11) is 0. The first-order chi connectivity index (χ1) is 25.1. The van der Waals surface area contributed by atoms with Gasteiger partial charge in [0.25, 0.3) is 0 Å². The molecule has 0 saturated heterocycles. The second kappa shape index (κ2) is 38.5. The van der Waals surface area contributed by atoms with E-state index in [0.717, 1.165) is 56.3 Å². The number of rotatable bonds is 36. The van der Waals surface area contributed by atoms with Gasteiger partial charge in [0.2, 0.25) is 0 Å². The number of carbonyl (C=O) groups excluding carboxylic acids is 2. The van der Waals surface area contributed by atoms with Crippen LogP contribution < -0.4 is 4.74 Å². The van der Waals surface area contributed by atoms with Crippen molar-refractivity contribution in [2.45, 2.75) is 187 Å². The topological polar surface area (TPSA) is 52.6 Å². The third kappa shape index (κ3) is 31.3. The first kappa shape index (κ1) is 49.8. The Morgan fingerprint density at radius 3 is 1.38 bits per heavy atom. The minimum absolute atomic E-state index is 0. The van der Waals surface area contributed by atoms with Gasteiger partial charge in [0.05, 0.1) is 6.61 Å². The van der Waals surface area contributed by atoms with E-state index in [-0.39, 0.29) is 34.8 Å². The predicted molar refractivity (Wildman–Crippen MR) is 220 cm³/mol. The molecule has 0 amide bonds. The maximum absolute atomic E-state index is 12.9. The molecule has 0 aliphatic rings. The number of hydrogen-bond acceptors (Lipinski definition) is 4. The molecule has 1 aromatic carbocycles. The van der Waals surface area contributed by atoms with Crippen molar-refractivity contribution in [2.24, 2.45) is 0 Å². The van der Waals surface area contributed by atoms with Crippen molar-refractivity contribution < 1.29 is 35.8 Å². The molecule has 1 unspecified atom stereocenters. The first-order valence-electron chi connectivity index (χ1n) is 21.0. The Balaban J connectivity index is 0.0000260. The predicted octanol–water partition coefficient (Wildman–Crippen LogP) is 13.8. The van der Waals surface area contributed by atoms with Gasteiger partial charge < -0.3 is 9.47 Å². The molecule has 0 heterocycles. The molecule has 0 saturated carbocycles. The first-order valence-corrected chi connectivity index (χ1v) is 21.0. The van der Waals surface area contributed by atoms with Crippen LogP contribution in [0.3, 0.4) is 0 Å². The van der Waals surface area contributed by atoms with Gasteiger partial charge in [-0.1, -0.05) is 152 Å². The van der Waals surface area contributed by atoms with E-state index in [2.05, 4.69) is 62.5 Å². The fourth-order valence-corrected chi connectivity index (χ4v) is 6.01. The molecule has 0 fully saturated rings. The van der Waals surface area contributed by atoms with Gasteiger partial charge in [-0.25, -0.2) is 0 Å². The monoisotopic (exact) mass is 764 g/mol. The molecular formula is C47H76CoO4. The number of Topliss-reactive ketones (excluding diaryl/α,β-unsaturated/α-hetero) is 2. The largest absolute Gasteiger partial charge is 0.494 e. The van der Waals surface area contributed by atoms with Crippen molar-refractivity contribution in [2.75, 3.05) is 13.2 Å². The molecule has 297 valence electrons. The Labute approximate surface area is 331 Å². The minimum atomic E-state index is -0.970. The van der Waals surface area contributed by atoms with Crippen molar-refractivity contribution in [3.8, 4) is 5.75 Å². The third-order valence-corrected chi connectivity index (χ3v) is 9.21. The van der Waals surface area contributed by atoms with Crippen molar-refractivity contribution in [1.29, 1.82) is 0 Å². The van der Waals surface area contributed by atoms with Crippen LogP contribution in [-0.4, -0.2) is 30.9 Å². The second-order valence-corrected chi connectivity index (χ2v) is 14.2. The molecule has 5 heteroatoms. The van der Waals surface area contributed by atoms with Gasteiger partial charge in [-0.3, -0.25) is 9.59 Å². The molecule has 1 aromatic rings. The number of ketones is 2. The Hall–Kier alpha value is -2.21. The van der Waals surface area contributed by atoms with Crippen LogP contribution in [0.25, 0.3) is 0 Å². The van der Waals surface area contributed by atoms with Crippen molar-refractivity contribution >= 4 is 11.6 Å². The average molecular weight is 764 g/mol. The van der Waals surface area contributed by atoms with E-state index in [0.29, 0.717) is 13.2 Å². The fourth-order valence-electron chi connectivity index (χ4n) is 6.01. The van der Waals surface area contributed by atoms with E-state index in [9.17, 15) is 9.59 Å². The quantitative estimate of drug-likeness (QED) is 0.0388. The molecule has 0 aliphatic carbocycles. The Kier molecular flexibility index (Phi) is 36.9. The van der Waals surface area contributed by atoms with Crippen LogP contribution in [0.4, 0.5) is 0 Å². The smallest absolute Gasteiger partial charge is 0.174 e. The Morgan fingerprint density at radius 1 is 0.538 bits per heavy atom. The van der Waals surface area contributed by atoms with Gasteiger partial charge in [-0.2, -0.15) is 0 Å². The van der Waals surface area contributed by atoms with E-state index in [1.54, 1.807) is 0 Å². The van der Waals surface area contributed by atoms with Gasteiger partial charge in [-0.15, -0.1) is 0 Å². The summed E-state index contributed by atoms with van der Waals surface area (Å²) in [6, 6.07) is 7.69. The van der Waals surface area contributed by atoms with E-state index in [1.165, 1.54) is 116 Å². The normalized spacial score (nSPS) is 12.4. The van der Waals surface area contributed by atoms with Crippen molar-refractivity contribution in [1.82, 2.24) is 0 Å². The van der Waals surface area contributed by atoms with Gasteiger partial charge >= 0.3 is 0 Å². The molecule has 1 atom stereocenters. The zero-order valence-corrected chi connectivity index (χ0v) is 34.6. The summed E-state index contributed by atoms with van der Waals surface area (Å²) in [5.41, 5.74) is 0.879. The molecule has 4 nitrogen and oxygen atoms in total. The Bertz CT molecular complexity index is 1070. The molecule has 0 aromatic heterocycles. The van der Waals surface area contributed by atoms with Crippen LogP contribution in [0.5, 0.6) is 5.75 Å². The number of benzene rings is 1. The van der Waals surface area contributed by atoms with E-state index >= 15 is 0 Å². The van der Waals surface area contributed by atoms with Crippen LogP contribution >= 0.6 is 0 Å². The summed E-state index contributed by atoms with van der Waals surface area (Å²) in [5.74, 6) is 0.441. The van der Waals surface area contributed by atoms with Crippen LogP contribution in [0.2, 0.25) is 0 Å². The summed E-state index contributed by atoms with van der Waals surface area (Å²) in [4.78, 5) is 25.1. The van der Waals surface area contributed by atoms with Crippen molar-refractivity contribution in [3.05, 3.63) is 78.4 Å². The minimum Gasteiger partial charge on any atom is -0.494 e. The van der Waals surface area contributed by atoms with Crippen LogP contribution in [0.1, 0.15) is 180 Å². The van der Waals surface area contributed by atoms with Crippen LogP contribution in [0, 0.1) is 0 Å². The van der Waals surface area contributed by atoms with E-state index in [1.807, 2.05) is 24.3 Å². The molecule has 52 heavy (non-hydrogen) atoms. The summed E-state index contributed by atoms with van der Waals surface area (Å²) >= 11 is 0. The molecule has 0 bridgehead atoms. The van der Waals surface area contributed by atoms with Gasteiger partial charge in [0, 0.05) is 29.8 Å². The van der Waals surface area contributed by atoms with Crippen molar-refractivity contribution in [3.63, 3.8) is 0 Å². The van der Waals surface area contributed by atoms with Gasteiger partial charge in [-0.05, 0) is 102 Å². The molecule has 1 radical (unpaired) electrons. The number of carbonyl (C=O) groups is 2. The standard InChI is InChI=1S/C47H76O4.Co/c1-4-6-8-10-12-14-16-18-20-22-24-26-28-30-32-34-40-50-45-38-36-44(37-39-45)42-46(49)47(43(3)48)51-41-35-33-31-29-27-25-23-21-19-17-15-13-11-9-7-5-2;/h12-15,18-21,36-39,47H,4-11,16-17,22-35,40-42H2,1-3H3;/b14-12-,15-13-,20-18-,21-19-;. The molecule has 1 rings (SSSR count). The number of ether oxygens (including phenoxy) is 2. The summed E-state index contributed by atoms with van der Waals surface area (Å²) in [6.45, 7) is 7.11. The number of hydrogen-bond donors (Lipinski definition) is 0. The summed E-state index contributed by atoms with van der Waals surface area (Å²) < 4.78 is 11.7. The maximum Gasteiger partial charge on any atom is 0.174 e. The molecule has 0 N–H and O–H groups in total. The average Bonchev–Trinajstić information content (AvgIpc) is 3.13. The van der Waals surface area contributed by atoms with E-state index in [4.69, 9.17) is 9.47 Å². The number of unbranched alkanes of at least 4 members (excludes halogenated alkanes) is 18. The van der Waals surface area contributed by atoms with Gasteiger partial charge in [0.1, 0.15) is 5.75 Å². The summed E-state index contributed by atoms with van der Waals surface area (Å²) in [6.07, 6.45) is 46.6. The molecule has 0 aliphatic heterocycles. The molecule has 0 spiro atoms. The fraction of sp³-hybridized carbons (Fsp3) is 0.660. The van der Waals surface area contributed by atoms with Crippen LogP contribution in [0.15, 0.2) is 72.9 Å². The zero-order chi connectivity index (χ0) is 36.9. The zero-order valence-electron chi connectivity index (χ0n) is 33.6. The molecular weight excluding hydrogens is 687 g/mol. The second-order valence-electron chi connectivity index (χ2n) is 14.2. The SMILES string of the molecule is CCCCC/C=C\C/C=C\CCCCCCCCOc1ccc(CC(=O)C(OCCCCCCCC/C=C\C/C=C\CCCCC)C(C)=O)cc1.[Co]. The van der Waals surface area contributed by atoms with Crippen LogP contribution in [-0.2, 0) is 37.5 Å². The summed E-state index contributed by atoms with van der Waals surface area (Å²) in [5, 5.41) is 0. The number of allylic oxidation sites excluding steroid dienone is 8. The van der Waals surface area contributed by atoms with Gasteiger partial charge in [0.15, 0.2) is 17.7 Å². The Morgan fingerprint density at radius 2 is 0.942 bits per heavy atom. The maximum atomic E-state index is 12.9. The van der Waals surface area contributed by atoms with E-state index < -0.39 is 6.10 Å².